The summed E-state index contributed by atoms with van der Waals surface area (Å²) in [5, 5.41) is 10.4. The summed E-state index contributed by atoms with van der Waals surface area (Å²) in [6, 6.07) is 13.2. The third-order valence-corrected chi connectivity index (χ3v) is 7.24. The Kier molecular flexibility index (Phi) is 12.1. The number of piperazine rings is 1. The Morgan fingerprint density at radius 3 is 2.50 bits per heavy atom. The van der Waals surface area contributed by atoms with Crippen LogP contribution in [0.15, 0.2) is 42.5 Å². The van der Waals surface area contributed by atoms with Crippen molar-refractivity contribution in [2.24, 2.45) is 0 Å². The first kappa shape index (κ1) is 30.2. The molecule has 0 spiro atoms. The number of carbonyl (C=O) groups is 2. The molecule has 1 aliphatic rings. The first-order chi connectivity index (χ1) is 18.3. The average molecular weight is 565 g/mol. The van der Waals surface area contributed by atoms with Gasteiger partial charge in [0.1, 0.15) is 0 Å². The van der Waals surface area contributed by atoms with Gasteiger partial charge in [-0.05, 0) is 43.3 Å². The smallest absolute Gasteiger partial charge is 0.225 e. The zero-order chi connectivity index (χ0) is 27.5. The number of nitrogens with zero attached hydrogens (tertiary/aromatic N) is 2. The van der Waals surface area contributed by atoms with Crippen LogP contribution in [0.1, 0.15) is 36.9 Å². The van der Waals surface area contributed by atoms with E-state index < -0.39 is 6.04 Å². The maximum atomic E-state index is 13.4. The van der Waals surface area contributed by atoms with Gasteiger partial charge in [-0.1, -0.05) is 47.5 Å². The molecule has 10 heteroatoms. The molecule has 0 bridgehead atoms. The quantitative estimate of drug-likeness (QED) is 0.345. The van der Waals surface area contributed by atoms with E-state index in [1.54, 1.807) is 32.4 Å². The van der Waals surface area contributed by atoms with Crippen LogP contribution in [-0.2, 0) is 20.9 Å². The van der Waals surface area contributed by atoms with E-state index in [2.05, 4.69) is 39.9 Å². The van der Waals surface area contributed by atoms with E-state index in [4.69, 9.17) is 27.9 Å². The van der Waals surface area contributed by atoms with Gasteiger partial charge in [0.2, 0.25) is 11.8 Å². The molecule has 8 nitrogen and oxygen atoms in total. The van der Waals surface area contributed by atoms with Crippen LogP contribution in [0.4, 0.5) is 5.69 Å². The van der Waals surface area contributed by atoms with E-state index in [9.17, 15) is 9.59 Å². The molecular weight excluding hydrogens is 525 g/mol. The average Bonchev–Trinajstić information content (AvgIpc) is 2.91. The molecule has 208 valence electrons. The van der Waals surface area contributed by atoms with Crippen molar-refractivity contribution < 1.29 is 14.3 Å². The molecule has 2 aromatic rings. The highest BCUT2D eigenvalue weighted by Crippen LogP contribution is 2.29. The highest BCUT2D eigenvalue weighted by molar-refractivity contribution is 6.35. The number of rotatable bonds is 13. The summed E-state index contributed by atoms with van der Waals surface area (Å²) in [5.74, 6) is -0.157. The number of hydrogen-bond donors (Lipinski definition) is 3. The fourth-order valence-corrected chi connectivity index (χ4v) is 5.13. The summed E-state index contributed by atoms with van der Waals surface area (Å²) in [5.41, 5.74) is 3.08. The Morgan fingerprint density at radius 2 is 1.82 bits per heavy atom. The van der Waals surface area contributed by atoms with Crippen molar-refractivity contribution in [3.63, 3.8) is 0 Å². The van der Waals surface area contributed by atoms with E-state index in [0.29, 0.717) is 48.3 Å². The van der Waals surface area contributed by atoms with Crippen molar-refractivity contribution in [3.05, 3.63) is 63.6 Å². The molecule has 1 fully saturated rings. The highest BCUT2D eigenvalue weighted by atomic mass is 35.5. The molecule has 2 amide bonds. The van der Waals surface area contributed by atoms with Gasteiger partial charge in [0, 0.05) is 74.6 Å². The van der Waals surface area contributed by atoms with Crippen LogP contribution in [0.5, 0.6) is 0 Å². The van der Waals surface area contributed by atoms with Gasteiger partial charge in [-0.3, -0.25) is 9.59 Å². The minimum atomic E-state index is -0.532. The van der Waals surface area contributed by atoms with Crippen molar-refractivity contribution in [1.29, 1.82) is 0 Å². The van der Waals surface area contributed by atoms with Crippen LogP contribution >= 0.6 is 23.2 Å². The fourth-order valence-electron chi connectivity index (χ4n) is 4.59. The number of para-hydroxylation sites is 1. The normalized spacial score (nSPS) is 15.3. The summed E-state index contributed by atoms with van der Waals surface area (Å²) < 4.78 is 5.23. The SMILES string of the molecule is CNCCC(=O)NC(CC(=O)N1CCN(c2ccccc2CNC(C)COC)CC1)c1ccc(Cl)cc1Cl. The van der Waals surface area contributed by atoms with Crippen LogP contribution in [0.3, 0.4) is 0 Å². The number of benzene rings is 2. The predicted octanol–water partition coefficient (Wildman–Crippen LogP) is 3.62. The minimum absolute atomic E-state index is 0.0158. The molecule has 1 heterocycles. The molecule has 38 heavy (non-hydrogen) atoms. The summed E-state index contributed by atoms with van der Waals surface area (Å²) >= 11 is 12.5. The van der Waals surface area contributed by atoms with E-state index in [1.165, 1.54) is 11.3 Å². The third kappa shape index (κ3) is 8.85. The van der Waals surface area contributed by atoms with Crippen LogP contribution in [-0.4, -0.2) is 76.2 Å². The molecular formula is C28H39Cl2N5O3. The zero-order valence-corrected chi connectivity index (χ0v) is 23.9. The highest BCUT2D eigenvalue weighted by Gasteiger charge is 2.27. The van der Waals surface area contributed by atoms with Crippen LogP contribution in [0.25, 0.3) is 0 Å². The minimum Gasteiger partial charge on any atom is -0.383 e. The third-order valence-electron chi connectivity index (χ3n) is 6.68. The molecule has 0 aliphatic carbocycles. The van der Waals surface area contributed by atoms with Gasteiger partial charge >= 0.3 is 0 Å². The molecule has 0 radical (unpaired) electrons. The number of anilines is 1. The second-order valence-corrected chi connectivity index (χ2v) is 10.4. The first-order valence-electron chi connectivity index (χ1n) is 13.0. The summed E-state index contributed by atoms with van der Waals surface area (Å²) in [7, 11) is 3.50. The molecule has 2 atom stereocenters. The van der Waals surface area contributed by atoms with Gasteiger partial charge in [0.15, 0.2) is 0 Å². The monoisotopic (exact) mass is 563 g/mol. The van der Waals surface area contributed by atoms with Crippen molar-refractivity contribution in [2.45, 2.75) is 38.4 Å². The number of carbonyl (C=O) groups excluding carboxylic acids is 2. The van der Waals surface area contributed by atoms with Gasteiger partial charge < -0.3 is 30.5 Å². The second-order valence-electron chi connectivity index (χ2n) is 9.58. The fraction of sp³-hybridized carbons (Fsp3) is 0.500. The molecule has 3 N–H and O–H groups in total. The lowest BCUT2D eigenvalue weighted by atomic mass is 10.0. The van der Waals surface area contributed by atoms with Gasteiger partial charge in [-0.15, -0.1) is 0 Å². The zero-order valence-electron chi connectivity index (χ0n) is 22.4. The number of nitrogens with one attached hydrogen (secondary N) is 3. The molecule has 1 saturated heterocycles. The van der Waals surface area contributed by atoms with Crippen LogP contribution < -0.4 is 20.9 Å². The lowest BCUT2D eigenvalue weighted by Gasteiger charge is -2.37. The number of hydrogen-bond acceptors (Lipinski definition) is 6. The van der Waals surface area contributed by atoms with Crippen LogP contribution in [0.2, 0.25) is 10.0 Å². The van der Waals surface area contributed by atoms with Crippen molar-refractivity contribution in [2.75, 3.05) is 58.4 Å². The lowest BCUT2D eigenvalue weighted by molar-refractivity contribution is -0.132. The number of amides is 2. The van der Waals surface area contributed by atoms with E-state index in [1.807, 2.05) is 17.0 Å². The molecule has 0 saturated carbocycles. The summed E-state index contributed by atoms with van der Waals surface area (Å²) in [6.07, 6.45) is 0.439. The van der Waals surface area contributed by atoms with Crippen molar-refractivity contribution in [1.82, 2.24) is 20.9 Å². The van der Waals surface area contributed by atoms with Gasteiger partial charge in [-0.2, -0.15) is 0 Å². The van der Waals surface area contributed by atoms with Crippen molar-refractivity contribution >= 4 is 40.7 Å². The van der Waals surface area contributed by atoms with E-state index >= 15 is 0 Å². The van der Waals surface area contributed by atoms with E-state index in [0.717, 1.165) is 19.6 Å². The summed E-state index contributed by atoms with van der Waals surface area (Å²) in [4.78, 5) is 30.1. The van der Waals surface area contributed by atoms with E-state index in [-0.39, 0.29) is 24.3 Å². The Labute approximate surface area is 236 Å². The van der Waals surface area contributed by atoms with Gasteiger partial charge in [-0.25, -0.2) is 0 Å². The second kappa shape index (κ2) is 15.3. The predicted molar refractivity (Wildman–Crippen MR) is 154 cm³/mol. The number of methoxy groups -OCH3 is 1. The molecule has 2 unspecified atom stereocenters. The standard InChI is InChI=1S/C28H39Cl2N5O3/c1-20(19-38-3)32-18-21-6-4-5-7-26(21)34-12-14-35(15-13-34)28(37)17-25(33-27(36)10-11-31-2)23-9-8-22(29)16-24(23)30/h4-9,16,20,25,31-32H,10-15,17-19H2,1-3H3,(H,33,36). The molecule has 0 aromatic heterocycles. The molecule has 1 aliphatic heterocycles. The molecule has 3 rings (SSSR count). The Balaban J connectivity index is 1.63. The Morgan fingerprint density at radius 1 is 1.08 bits per heavy atom. The molecule has 2 aromatic carbocycles. The Hall–Kier alpha value is -2.36. The maximum absolute atomic E-state index is 13.4. The Bertz CT molecular complexity index is 1060. The topological polar surface area (TPSA) is 85.9 Å². The first-order valence-corrected chi connectivity index (χ1v) is 13.8. The maximum Gasteiger partial charge on any atom is 0.225 e. The number of halogens is 2. The largest absolute Gasteiger partial charge is 0.383 e. The van der Waals surface area contributed by atoms with Crippen molar-refractivity contribution in [3.8, 4) is 0 Å². The lowest BCUT2D eigenvalue weighted by Crippen LogP contribution is -2.49. The van der Waals surface area contributed by atoms with Crippen LogP contribution in [0, 0.1) is 0 Å². The van der Waals surface area contributed by atoms with Gasteiger partial charge in [0.05, 0.1) is 19.1 Å². The summed E-state index contributed by atoms with van der Waals surface area (Å²) in [6.45, 7) is 6.73. The van der Waals surface area contributed by atoms with Gasteiger partial charge in [0.25, 0.3) is 0 Å². The number of ether oxygens (including phenoxy) is 1.